The van der Waals surface area contributed by atoms with Crippen molar-refractivity contribution in [2.75, 3.05) is 12.0 Å². The van der Waals surface area contributed by atoms with Gasteiger partial charge in [0.2, 0.25) is 5.71 Å². The molecule has 0 bridgehead atoms. The van der Waals surface area contributed by atoms with Crippen LogP contribution in [0.15, 0.2) is 33.8 Å². The van der Waals surface area contributed by atoms with Gasteiger partial charge in [-0.1, -0.05) is 15.9 Å². The largest absolute Gasteiger partial charge is 0.461 e. The predicted molar refractivity (Wildman–Crippen MR) is 72.5 cm³/mol. The zero-order valence-corrected chi connectivity index (χ0v) is 11.7. The third-order valence-electron chi connectivity index (χ3n) is 1.94. The number of ketones is 1. The second-order valence-corrected chi connectivity index (χ2v) is 4.27. The highest BCUT2D eigenvalue weighted by molar-refractivity contribution is 9.10. The van der Waals surface area contributed by atoms with Crippen LogP contribution in [0, 0.1) is 0 Å². The topological polar surface area (TPSA) is 67.8 Å². The summed E-state index contributed by atoms with van der Waals surface area (Å²) in [4.78, 5) is 22.7. The van der Waals surface area contributed by atoms with E-state index >= 15 is 0 Å². The van der Waals surface area contributed by atoms with Gasteiger partial charge in [-0.25, -0.2) is 4.79 Å². The van der Waals surface area contributed by atoms with Crippen LogP contribution in [0.5, 0.6) is 0 Å². The smallest absolute Gasteiger partial charge is 0.362 e. The molecule has 1 aromatic carbocycles. The first-order valence-corrected chi connectivity index (χ1v) is 6.11. The van der Waals surface area contributed by atoms with Crippen LogP contribution in [0.2, 0.25) is 0 Å². The lowest BCUT2D eigenvalue weighted by atomic mass is 10.3. The van der Waals surface area contributed by atoms with E-state index < -0.39 is 11.8 Å². The minimum atomic E-state index is -0.727. The van der Waals surface area contributed by atoms with E-state index in [0.29, 0.717) is 5.69 Å². The number of hydrazone groups is 1. The summed E-state index contributed by atoms with van der Waals surface area (Å²) in [5.41, 5.74) is 3.06. The summed E-state index contributed by atoms with van der Waals surface area (Å²) in [5, 5.41) is 3.77. The van der Waals surface area contributed by atoms with Gasteiger partial charge >= 0.3 is 5.97 Å². The Morgan fingerprint density at radius 3 is 2.44 bits per heavy atom. The lowest BCUT2D eigenvalue weighted by molar-refractivity contribution is -0.135. The molecule has 0 aromatic heterocycles. The Balaban J connectivity index is 2.80. The van der Waals surface area contributed by atoms with Gasteiger partial charge in [-0.3, -0.25) is 10.2 Å². The molecule has 18 heavy (non-hydrogen) atoms. The highest BCUT2D eigenvalue weighted by Gasteiger charge is 2.17. The van der Waals surface area contributed by atoms with Crippen molar-refractivity contribution < 1.29 is 14.3 Å². The van der Waals surface area contributed by atoms with Gasteiger partial charge < -0.3 is 4.74 Å². The van der Waals surface area contributed by atoms with Crippen molar-refractivity contribution in [1.29, 1.82) is 0 Å². The molecule has 0 saturated heterocycles. The Morgan fingerprint density at radius 1 is 1.33 bits per heavy atom. The predicted octanol–water partition coefficient (Wildman–Crippen LogP) is 2.37. The SMILES string of the molecule is CCOC(=O)/C(=N/Nc1ccc(Br)cc1)C(C)=O. The number of anilines is 1. The normalized spacial score (nSPS) is 10.9. The van der Waals surface area contributed by atoms with Crippen molar-refractivity contribution in [2.24, 2.45) is 5.10 Å². The molecule has 1 N–H and O–H groups in total. The third-order valence-corrected chi connectivity index (χ3v) is 2.47. The van der Waals surface area contributed by atoms with E-state index in [4.69, 9.17) is 4.74 Å². The molecular formula is C12H13BrN2O3. The maximum Gasteiger partial charge on any atom is 0.362 e. The van der Waals surface area contributed by atoms with Crippen LogP contribution in [-0.4, -0.2) is 24.1 Å². The van der Waals surface area contributed by atoms with Gasteiger partial charge in [0.05, 0.1) is 12.3 Å². The molecular weight excluding hydrogens is 300 g/mol. The van der Waals surface area contributed by atoms with Crippen LogP contribution in [0.1, 0.15) is 13.8 Å². The van der Waals surface area contributed by atoms with Crippen molar-refractivity contribution in [2.45, 2.75) is 13.8 Å². The number of halogens is 1. The summed E-state index contributed by atoms with van der Waals surface area (Å²) in [7, 11) is 0. The number of hydrogen-bond donors (Lipinski definition) is 1. The molecule has 0 aliphatic heterocycles. The molecule has 6 heteroatoms. The molecule has 0 saturated carbocycles. The number of Topliss-reactive ketones (excluding diaryl/α,β-unsaturated/α-hetero) is 1. The monoisotopic (exact) mass is 312 g/mol. The molecule has 5 nitrogen and oxygen atoms in total. The fourth-order valence-corrected chi connectivity index (χ4v) is 1.38. The van der Waals surface area contributed by atoms with Gasteiger partial charge in [-0.2, -0.15) is 5.10 Å². The summed E-state index contributed by atoms with van der Waals surface area (Å²) in [6.45, 7) is 3.13. The number of nitrogens with zero attached hydrogens (tertiary/aromatic N) is 1. The van der Waals surface area contributed by atoms with E-state index in [-0.39, 0.29) is 12.3 Å². The van der Waals surface area contributed by atoms with Crippen LogP contribution in [-0.2, 0) is 14.3 Å². The van der Waals surface area contributed by atoms with E-state index in [1.54, 1.807) is 19.1 Å². The number of carbonyl (C=O) groups excluding carboxylic acids is 2. The molecule has 0 aliphatic rings. The maximum atomic E-state index is 11.4. The van der Waals surface area contributed by atoms with Crippen molar-refractivity contribution in [3.63, 3.8) is 0 Å². The average Bonchev–Trinajstić information content (AvgIpc) is 2.31. The highest BCUT2D eigenvalue weighted by Crippen LogP contribution is 2.13. The summed E-state index contributed by atoms with van der Waals surface area (Å²) < 4.78 is 5.66. The van der Waals surface area contributed by atoms with Crippen LogP contribution in [0.4, 0.5) is 5.69 Å². The standard InChI is InChI=1S/C12H13BrN2O3/c1-3-18-12(17)11(8(2)16)15-14-10-6-4-9(13)5-7-10/h4-7,14H,3H2,1-2H3/b15-11+. The van der Waals surface area contributed by atoms with E-state index in [1.807, 2.05) is 12.1 Å². The second kappa shape index (κ2) is 6.90. The quantitative estimate of drug-likeness (QED) is 0.392. The van der Waals surface area contributed by atoms with Crippen molar-refractivity contribution in [1.82, 2.24) is 0 Å². The first kappa shape index (κ1) is 14.4. The van der Waals surface area contributed by atoms with Crippen LogP contribution >= 0.6 is 15.9 Å². The molecule has 0 amide bonds. The van der Waals surface area contributed by atoms with Gasteiger partial charge in [0.25, 0.3) is 0 Å². The molecule has 1 rings (SSSR count). The molecule has 0 spiro atoms. The Kier molecular flexibility index (Phi) is 5.51. The number of nitrogens with one attached hydrogen (secondary N) is 1. The fraction of sp³-hybridized carbons (Fsp3) is 0.250. The summed E-state index contributed by atoms with van der Waals surface area (Å²) in [5.74, 6) is -1.17. The highest BCUT2D eigenvalue weighted by atomic mass is 79.9. The Morgan fingerprint density at radius 2 is 1.94 bits per heavy atom. The molecule has 0 aliphatic carbocycles. The number of rotatable bonds is 5. The second-order valence-electron chi connectivity index (χ2n) is 3.36. The van der Waals surface area contributed by atoms with E-state index in [0.717, 1.165) is 4.47 Å². The molecule has 0 atom stereocenters. The number of esters is 1. The van der Waals surface area contributed by atoms with Gasteiger partial charge in [0.15, 0.2) is 5.78 Å². The molecule has 1 aromatic rings. The lowest BCUT2D eigenvalue weighted by Gasteiger charge is -2.04. The maximum absolute atomic E-state index is 11.4. The number of carbonyl (C=O) groups is 2. The number of hydrogen-bond acceptors (Lipinski definition) is 5. The molecule has 0 heterocycles. The Labute approximate surface area is 113 Å². The van der Waals surface area contributed by atoms with Crippen molar-refractivity contribution in [3.8, 4) is 0 Å². The number of ether oxygens (including phenoxy) is 1. The van der Waals surface area contributed by atoms with Crippen molar-refractivity contribution >= 4 is 39.1 Å². The summed E-state index contributed by atoms with van der Waals surface area (Å²) >= 11 is 3.30. The third kappa shape index (κ3) is 4.29. The zero-order chi connectivity index (χ0) is 13.5. The zero-order valence-electron chi connectivity index (χ0n) is 10.1. The van der Waals surface area contributed by atoms with Gasteiger partial charge in [0.1, 0.15) is 0 Å². The van der Waals surface area contributed by atoms with Crippen LogP contribution < -0.4 is 5.43 Å². The Hall–Kier alpha value is -1.69. The fourth-order valence-electron chi connectivity index (χ4n) is 1.11. The molecule has 0 unspecified atom stereocenters. The van der Waals surface area contributed by atoms with E-state index in [2.05, 4.69) is 26.5 Å². The van der Waals surface area contributed by atoms with Gasteiger partial charge in [0, 0.05) is 11.4 Å². The molecule has 0 radical (unpaired) electrons. The van der Waals surface area contributed by atoms with Crippen LogP contribution in [0.3, 0.4) is 0 Å². The number of benzene rings is 1. The molecule has 96 valence electrons. The lowest BCUT2D eigenvalue weighted by Crippen LogP contribution is -2.25. The minimum Gasteiger partial charge on any atom is -0.461 e. The van der Waals surface area contributed by atoms with Gasteiger partial charge in [-0.15, -0.1) is 0 Å². The van der Waals surface area contributed by atoms with E-state index in [9.17, 15) is 9.59 Å². The van der Waals surface area contributed by atoms with Crippen LogP contribution in [0.25, 0.3) is 0 Å². The van der Waals surface area contributed by atoms with Gasteiger partial charge in [-0.05, 0) is 31.2 Å². The van der Waals surface area contributed by atoms with E-state index in [1.165, 1.54) is 6.92 Å². The average molecular weight is 313 g/mol. The summed E-state index contributed by atoms with van der Waals surface area (Å²) in [6, 6.07) is 7.15. The Bertz CT molecular complexity index is 469. The minimum absolute atomic E-state index is 0.198. The molecule has 0 fully saturated rings. The van der Waals surface area contributed by atoms with Crippen molar-refractivity contribution in [3.05, 3.63) is 28.7 Å². The summed E-state index contributed by atoms with van der Waals surface area (Å²) in [6.07, 6.45) is 0. The first-order chi connectivity index (χ1) is 8.54. The first-order valence-electron chi connectivity index (χ1n) is 5.32.